The van der Waals surface area contributed by atoms with E-state index in [0.29, 0.717) is 12.3 Å². The van der Waals surface area contributed by atoms with Crippen molar-refractivity contribution >= 4 is 29.1 Å². The van der Waals surface area contributed by atoms with Crippen LogP contribution in [0, 0.1) is 5.92 Å². The number of hydrogen-bond donors (Lipinski definition) is 3. The van der Waals surface area contributed by atoms with Crippen molar-refractivity contribution in [3.05, 3.63) is 71.8 Å². The number of hydrazine groups is 1. The van der Waals surface area contributed by atoms with Crippen LogP contribution in [-0.2, 0) is 9.59 Å². The Bertz CT molecular complexity index is 766. The molecule has 2 amide bonds. The van der Waals surface area contributed by atoms with E-state index < -0.39 is 5.92 Å². The summed E-state index contributed by atoms with van der Waals surface area (Å²) < 4.78 is 0. The van der Waals surface area contributed by atoms with Gasteiger partial charge in [-0.2, -0.15) is 0 Å². The minimum absolute atomic E-state index is 0.108. The molecule has 1 saturated carbocycles. The van der Waals surface area contributed by atoms with Crippen molar-refractivity contribution < 1.29 is 9.59 Å². The van der Waals surface area contributed by atoms with Gasteiger partial charge in [0.15, 0.2) is 5.11 Å². The van der Waals surface area contributed by atoms with Crippen LogP contribution in [0.3, 0.4) is 0 Å². The summed E-state index contributed by atoms with van der Waals surface area (Å²) >= 11 is 5.15. The zero-order valence-electron chi connectivity index (χ0n) is 15.7. The molecule has 1 fully saturated rings. The summed E-state index contributed by atoms with van der Waals surface area (Å²) in [6, 6.07) is 19.1. The molecule has 6 heteroatoms. The van der Waals surface area contributed by atoms with E-state index in [4.69, 9.17) is 12.2 Å². The molecule has 0 radical (unpaired) electrons. The summed E-state index contributed by atoms with van der Waals surface area (Å²) in [6.45, 7) is 0. The maximum Gasteiger partial charge on any atom is 0.250 e. The van der Waals surface area contributed by atoms with Crippen molar-refractivity contribution in [1.29, 1.82) is 0 Å². The third-order valence-electron chi connectivity index (χ3n) is 5.03. The van der Waals surface area contributed by atoms with Gasteiger partial charge in [0.2, 0.25) is 11.8 Å². The standard InChI is InChI=1S/C22H25N3O2S/c26-19(15-16-9-7-8-10-16)23-22(28)25-24-21(27)20(17-11-3-1-4-12-17)18-13-5-2-6-14-18/h1-6,11-14,16,20H,7-10,15H2,(H,24,27)(H2,23,25,26,28). The third-order valence-corrected chi connectivity index (χ3v) is 5.23. The fourth-order valence-electron chi connectivity index (χ4n) is 3.66. The van der Waals surface area contributed by atoms with Crippen LogP contribution in [-0.4, -0.2) is 16.9 Å². The van der Waals surface area contributed by atoms with Gasteiger partial charge >= 0.3 is 0 Å². The van der Waals surface area contributed by atoms with Gasteiger partial charge in [-0.25, -0.2) is 0 Å². The molecule has 146 valence electrons. The smallest absolute Gasteiger partial charge is 0.250 e. The maximum absolute atomic E-state index is 12.9. The molecule has 0 aromatic heterocycles. The molecule has 3 rings (SSSR count). The van der Waals surface area contributed by atoms with Gasteiger partial charge < -0.3 is 5.32 Å². The van der Waals surface area contributed by atoms with E-state index >= 15 is 0 Å². The molecule has 28 heavy (non-hydrogen) atoms. The first-order chi connectivity index (χ1) is 13.6. The fourth-order valence-corrected chi connectivity index (χ4v) is 3.83. The first-order valence-corrected chi connectivity index (χ1v) is 10.0. The number of nitrogens with one attached hydrogen (secondary N) is 3. The number of carbonyl (C=O) groups excluding carboxylic acids is 2. The lowest BCUT2D eigenvalue weighted by molar-refractivity contribution is -0.123. The predicted octanol–water partition coefficient (Wildman–Crippen LogP) is 3.42. The molecule has 3 N–H and O–H groups in total. The predicted molar refractivity (Wildman–Crippen MR) is 113 cm³/mol. The Morgan fingerprint density at radius 2 is 1.43 bits per heavy atom. The molecule has 2 aromatic rings. The van der Waals surface area contributed by atoms with E-state index in [1.165, 1.54) is 12.8 Å². The third kappa shape index (κ3) is 5.63. The highest BCUT2D eigenvalue weighted by molar-refractivity contribution is 7.80. The Labute approximate surface area is 170 Å². The monoisotopic (exact) mass is 395 g/mol. The molecule has 0 bridgehead atoms. The number of thiocarbonyl (C=S) groups is 1. The molecule has 0 unspecified atom stereocenters. The number of carbonyl (C=O) groups is 2. The second-order valence-electron chi connectivity index (χ2n) is 7.10. The van der Waals surface area contributed by atoms with Crippen molar-refractivity contribution in [1.82, 2.24) is 16.2 Å². The molecule has 1 aliphatic rings. The number of hydrogen-bond acceptors (Lipinski definition) is 3. The van der Waals surface area contributed by atoms with Gasteiger partial charge in [-0.1, -0.05) is 73.5 Å². The quantitative estimate of drug-likeness (QED) is 0.536. The van der Waals surface area contributed by atoms with E-state index in [0.717, 1.165) is 24.0 Å². The zero-order valence-corrected chi connectivity index (χ0v) is 16.5. The van der Waals surface area contributed by atoms with E-state index in [2.05, 4.69) is 16.2 Å². The largest absolute Gasteiger partial charge is 0.302 e. The van der Waals surface area contributed by atoms with Gasteiger partial charge in [0, 0.05) is 6.42 Å². The lowest BCUT2D eigenvalue weighted by Crippen LogP contribution is -2.50. The van der Waals surface area contributed by atoms with Crippen LogP contribution in [0.4, 0.5) is 0 Å². The molecule has 0 spiro atoms. The second-order valence-corrected chi connectivity index (χ2v) is 7.51. The number of amides is 2. The fraction of sp³-hybridized carbons (Fsp3) is 0.318. The molecule has 0 saturated heterocycles. The number of rotatable bonds is 5. The van der Waals surface area contributed by atoms with E-state index in [9.17, 15) is 9.59 Å². The van der Waals surface area contributed by atoms with Crippen LogP contribution in [0.1, 0.15) is 49.1 Å². The van der Waals surface area contributed by atoms with Gasteiger partial charge in [0.1, 0.15) is 0 Å². The summed E-state index contributed by atoms with van der Waals surface area (Å²) in [6.07, 6.45) is 5.06. The van der Waals surface area contributed by atoms with Crippen LogP contribution in [0.5, 0.6) is 0 Å². The van der Waals surface area contributed by atoms with Crippen LogP contribution < -0.4 is 16.2 Å². The van der Waals surface area contributed by atoms with E-state index in [-0.39, 0.29) is 16.9 Å². The Kier molecular flexibility index (Phi) is 7.14. The van der Waals surface area contributed by atoms with Crippen LogP contribution in [0.15, 0.2) is 60.7 Å². The highest BCUT2D eigenvalue weighted by atomic mass is 32.1. The van der Waals surface area contributed by atoms with Gasteiger partial charge in [0.25, 0.3) is 0 Å². The van der Waals surface area contributed by atoms with Gasteiger partial charge in [-0.15, -0.1) is 0 Å². The Morgan fingerprint density at radius 3 is 1.96 bits per heavy atom. The van der Waals surface area contributed by atoms with Crippen molar-refractivity contribution in [2.75, 3.05) is 0 Å². The van der Waals surface area contributed by atoms with Gasteiger partial charge in [-0.05, 0) is 42.1 Å². The summed E-state index contributed by atoms with van der Waals surface area (Å²) in [4.78, 5) is 24.9. The molecular formula is C22H25N3O2S. The van der Waals surface area contributed by atoms with Crippen LogP contribution in [0.2, 0.25) is 0 Å². The highest BCUT2D eigenvalue weighted by Gasteiger charge is 2.23. The SMILES string of the molecule is O=C(CC1CCCC1)NC(=S)NNC(=O)C(c1ccccc1)c1ccccc1. The molecule has 0 aliphatic heterocycles. The first-order valence-electron chi connectivity index (χ1n) is 9.63. The van der Waals surface area contributed by atoms with Crippen molar-refractivity contribution in [2.45, 2.75) is 38.0 Å². The highest BCUT2D eigenvalue weighted by Crippen LogP contribution is 2.27. The minimum Gasteiger partial charge on any atom is -0.302 e. The summed E-state index contributed by atoms with van der Waals surface area (Å²) in [5.74, 6) is -0.393. The molecule has 0 atom stereocenters. The topological polar surface area (TPSA) is 70.2 Å². The average molecular weight is 396 g/mol. The Morgan fingerprint density at radius 1 is 0.893 bits per heavy atom. The maximum atomic E-state index is 12.9. The number of benzene rings is 2. The Hall–Kier alpha value is -2.73. The molecule has 1 aliphatic carbocycles. The molecule has 2 aromatic carbocycles. The second kappa shape index (κ2) is 9.99. The van der Waals surface area contributed by atoms with Crippen molar-refractivity contribution in [3.63, 3.8) is 0 Å². The molecular weight excluding hydrogens is 370 g/mol. The molecule has 0 heterocycles. The minimum atomic E-state index is -0.480. The van der Waals surface area contributed by atoms with E-state index in [1.807, 2.05) is 60.7 Å². The zero-order chi connectivity index (χ0) is 19.8. The van der Waals surface area contributed by atoms with Gasteiger partial charge in [-0.3, -0.25) is 20.4 Å². The lowest BCUT2D eigenvalue weighted by atomic mass is 9.91. The van der Waals surface area contributed by atoms with Crippen molar-refractivity contribution in [2.24, 2.45) is 5.92 Å². The molecule has 5 nitrogen and oxygen atoms in total. The Balaban J connectivity index is 1.57. The summed E-state index contributed by atoms with van der Waals surface area (Å²) in [5.41, 5.74) is 7.05. The van der Waals surface area contributed by atoms with Gasteiger partial charge in [0.05, 0.1) is 5.92 Å². The van der Waals surface area contributed by atoms with Crippen LogP contribution in [0.25, 0.3) is 0 Å². The normalized spacial score (nSPS) is 13.9. The van der Waals surface area contributed by atoms with Crippen molar-refractivity contribution in [3.8, 4) is 0 Å². The van der Waals surface area contributed by atoms with Crippen LogP contribution >= 0.6 is 12.2 Å². The van der Waals surface area contributed by atoms with E-state index in [1.54, 1.807) is 0 Å². The first kappa shape index (κ1) is 20.0. The summed E-state index contributed by atoms with van der Waals surface area (Å²) in [7, 11) is 0. The summed E-state index contributed by atoms with van der Waals surface area (Å²) in [5, 5.41) is 2.75. The lowest BCUT2D eigenvalue weighted by Gasteiger charge is -2.19. The average Bonchev–Trinajstić information content (AvgIpc) is 3.21.